The van der Waals surface area contributed by atoms with E-state index in [0.717, 1.165) is 6.42 Å². The van der Waals surface area contributed by atoms with E-state index in [9.17, 15) is 14.4 Å². The van der Waals surface area contributed by atoms with Crippen LogP contribution in [0.4, 0.5) is 5.69 Å². The lowest BCUT2D eigenvalue weighted by Gasteiger charge is -2.15. The van der Waals surface area contributed by atoms with E-state index in [1.54, 1.807) is 18.7 Å². The highest BCUT2D eigenvalue weighted by Crippen LogP contribution is 2.53. The van der Waals surface area contributed by atoms with Gasteiger partial charge in [0, 0.05) is 7.05 Å². The van der Waals surface area contributed by atoms with Gasteiger partial charge in [0.25, 0.3) is 5.56 Å². The largest absolute Gasteiger partial charge is 0.296 e. The number of carbonyl (C=O) groups is 2. The molecule has 2 heterocycles. The maximum atomic E-state index is 13.2. The molecule has 0 N–H and O–H groups in total. The van der Waals surface area contributed by atoms with Gasteiger partial charge in [-0.15, -0.1) is 0 Å². The maximum Gasteiger partial charge on any atom is 0.296 e. The third-order valence-corrected chi connectivity index (χ3v) is 6.22. The summed E-state index contributed by atoms with van der Waals surface area (Å²) in [4.78, 5) is 40.5. The molecule has 2 aliphatic carbocycles. The van der Waals surface area contributed by atoms with Gasteiger partial charge in [0.2, 0.25) is 11.8 Å². The molecule has 3 aliphatic rings. The number of nitrogens with zero attached hydrogens (tertiary/aromatic N) is 3. The molecule has 2 aromatic rings. The molecule has 132 valence electrons. The molecule has 2 bridgehead atoms. The second kappa shape index (κ2) is 5.06. The monoisotopic (exact) mass is 349 g/mol. The zero-order chi connectivity index (χ0) is 18.2. The summed E-state index contributed by atoms with van der Waals surface area (Å²) < 4.78 is 3.21. The second-order valence-electron chi connectivity index (χ2n) is 7.42. The molecule has 5 rings (SSSR count). The van der Waals surface area contributed by atoms with Gasteiger partial charge < -0.3 is 0 Å². The molecule has 2 fully saturated rings. The summed E-state index contributed by atoms with van der Waals surface area (Å²) in [5.74, 6) is -0.785. The Labute approximate surface area is 150 Å². The van der Waals surface area contributed by atoms with E-state index in [1.165, 1.54) is 9.58 Å². The number of anilines is 1. The van der Waals surface area contributed by atoms with Crippen LogP contribution in [-0.4, -0.2) is 21.2 Å². The predicted molar refractivity (Wildman–Crippen MR) is 96.0 cm³/mol. The number of para-hydroxylation sites is 1. The Hall–Kier alpha value is -2.89. The maximum absolute atomic E-state index is 13.2. The van der Waals surface area contributed by atoms with Crippen LogP contribution in [0.15, 0.2) is 47.3 Å². The summed E-state index contributed by atoms with van der Waals surface area (Å²) >= 11 is 0. The highest BCUT2D eigenvalue weighted by atomic mass is 16.2. The van der Waals surface area contributed by atoms with Crippen molar-refractivity contribution >= 4 is 17.5 Å². The van der Waals surface area contributed by atoms with Crippen LogP contribution in [0.3, 0.4) is 0 Å². The molecule has 1 saturated heterocycles. The summed E-state index contributed by atoms with van der Waals surface area (Å²) in [6.07, 6.45) is 4.99. The fourth-order valence-electron chi connectivity index (χ4n) is 4.93. The molecule has 0 radical (unpaired) electrons. The van der Waals surface area contributed by atoms with Crippen LogP contribution in [0.5, 0.6) is 0 Å². The predicted octanol–water partition coefficient (Wildman–Crippen LogP) is 1.80. The lowest BCUT2D eigenvalue weighted by atomic mass is 9.85. The molecule has 1 aromatic heterocycles. The smallest absolute Gasteiger partial charge is 0.283 e. The lowest BCUT2D eigenvalue weighted by Crippen LogP contribution is -2.36. The number of hydrogen-bond donors (Lipinski definition) is 0. The molecule has 0 unspecified atom stereocenters. The number of amides is 2. The van der Waals surface area contributed by atoms with Gasteiger partial charge in [-0.1, -0.05) is 30.4 Å². The van der Waals surface area contributed by atoms with Crippen molar-refractivity contribution < 1.29 is 9.59 Å². The zero-order valence-electron chi connectivity index (χ0n) is 14.6. The van der Waals surface area contributed by atoms with E-state index < -0.39 is 0 Å². The Morgan fingerprint density at radius 2 is 1.50 bits per heavy atom. The highest BCUT2D eigenvalue weighted by Gasteiger charge is 2.60. The van der Waals surface area contributed by atoms with Gasteiger partial charge in [0.05, 0.1) is 23.2 Å². The normalized spacial score (nSPS) is 29.1. The molecule has 26 heavy (non-hydrogen) atoms. The lowest BCUT2D eigenvalue weighted by molar-refractivity contribution is -0.123. The zero-order valence-corrected chi connectivity index (χ0v) is 14.6. The van der Waals surface area contributed by atoms with Gasteiger partial charge in [-0.25, -0.2) is 9.58 Å². The Morgan fingerprint density at radius 3 is 2.08 bits per heavy atom. The van der Waals surface area contributed by atoms with Gasteiger partial charge in [0.1, 0.15) is 5.69 Å². The summed E-state index contributed by atoms with van der Waals surface area (Å²) in [5, 5.41) is 0. The number of allylic oxidation sites excluding steroid dienone is 2. The quantitative estimate of drug-likeness (QED) is 0.613. The third-order valence-electron chi connectivity index (χ3n) is 6.22. The number of benzene rings is 1. The van der Waals surface area contributed by atoms with Crippen LogP contribution in [-0.2, 0) is 16.6 Å². The molecule has 6 heteroatoms. The van der Waals surface area contributed by atoms with Crippen LogP contribution in [0.1, 0.15) is 12.1 Å². The van der Waals surface area contributed by atoms with E-state index in [2.05, 4.69) is 12.2 Å². The van der Waals surface area contributed by atoms with E-state index in [1.807, 2.05) is 30.3 Å². The van der Waals surface area contributed by atoms with Gasteiger partial charge in [-0.05, 0) is 37.3 Å². The van der Waals surface area contributed by atoms with Gasteiger partial charge in [-0.3, -0.25) is 19.1 Å². The standard InChI is InChI=1S/C20H19N3O3/c1-11-17(20(26)23(21(11)2)14-6-4-3-5-7-14)22-18(24)15-12-8-9-13(10-12)16(15)19(22)25/h3-9,12-13,15-16H,10H2,1-2H3/t12-,13-,15+,16+/m1/s1. The third kappa shape index (κ3) is 1.74. The van der Waals surface area contributed by atoms with E-state index in [4.69, 9.17) is 0 Å². The first-order valence-electron chi connectivity index (χ1n) is 8.91. The average molecular weight is 349 g/mol. The van der Waals surface area contributed by atoms with Gasteiger partial charge in [-0.2, -0.15) is 0 Å². The van der Waals surface area contributed by atoms with Crippen molar-refractivity contribution in [1.29, 1.82) is 0 Å². The summed E-state index contributed by atoms with van der Waals surface area (Å²) in [6.45, 7) is 1.78. The Kier molecular flexibility index (Phi) is 2.99. The van der Waals surface area contributed by atoms with Gasteiger partial charge in [0.15, 0.2) is 0 Å². The Morgan fingerprint density at radius 1 is 0.923 bits per heavy atom. The first kappa shape index (κ1) is 15.4. The van der Waals surface area contributed by atoms with Gasteiger partial charge >= 0.3 is 0 Å². The Bertz CT molecular complexity index is 1000. The molecule has 4 atom stereocenters. The molecular weight excluding hydrogens is 330 g/mol. The van der Waals surface area contributed by atoms with Crippen molar-refractivity contribution in [3.05, 3.63) is 58.5 Å². The highest BCUT2D eigenvalue weighted by molar-refractivity contribution is 6.23. The van der Waals surface area contributed by atoms with Crippen LogP contribution in [0.25, 0.3) is 5.69 Å². The molecular formula is C20H19N3O3. The van der Waals surface area contributed by atoms with Crippen molar-refractivity contribution in [3.63, 3.8) is 0 Å². The van der Waals surface area contributed by atoms with Crippen molar-refractivity contribution in [2.45, 2.75) is 13.3 Å². The molecule has 1 aliphatic heterocycles. The molecule has 0 spiro atoms. The molecule has 6 nitrogen and oxygen atoms in total. The van der Waals surface area contributed by atoms with E-state index in [-0.39, 0.29) is 46.7 Å². The van der Waals surface area contributed by atoms with Crippen molar-refractivity contribution in [3.8, 4) is 5.69 Å². The van der Waals surface area contributed by atoms with Crippen molar-refractivity contribution in [2.75, 3.05) is 4.90 Å². The average Bonchev–Trinajstić information content (AvgIpc) is 3.36. The van der Waals surface area contributed by atoms with E-state index in [0.29, 0.717) is 11.4 Å². The fourth-order valence-corrected chi connectivity index (χ4v) is 4.93. The second-order valence-corrected chi connectivity index (χ2v) is 7.42. The van der Waals surface area contributed by atoms with Crippen molar-refractivity contribution in [2.24, 2.45) is 30.7 Å². The summed E-state index contributed by atoms with van der Waals surface area (Å²) in [5.41, 5.74) is 1.18. The number of carbonyl (C=O) groups excluding carboxylic acids is 2. The Balaban J connectivity index is 1.66. The molecule has 1 aromatic carbocycles. The number of rotatable bonds is 2. The molecule has 1 saturated carbocycles. The molecule has 2 amide bonds. The van der Waals surface area contributed by atoms with E-state index >= 15 is 0 Å². The van der Waals surface area contributed by atoms with Crippen LogP contribution in [0, 0.1) is 30.6 Å². The van der Waals surface area contributed by atoms with Crippen LogP contribution in [0.2, 0.25) is 0 Å². The van der Waals surface area contributed by atoms with Crippen LogP contribution >= 0.6 is 0 Å². The number of fused-ring (bicyclic) bond motifs is 5. The van der Waals surface area contributed by atoms with Crippen molar-refractivity contribution in [1.82, 2.24) is 9.36 Å². The fraction of sp³-hybridized carbons (Fsp3) is 0.350. The summed E-state index contributed by atoms with van der Waals surface area (Å²) in [7, 11) is 1.77. The first-order chi connectivity index (χ1) is 12.5. The topological polar surface area (TPSA) is 64.3 Å². The first-order valence-corrected chi connectivity index (χ1v) is 8.91. The number of aromatic nitrogens is 2. The SMILES string of the molecule is Cc1c(N2C(=O)[C@@H]3[C@@H](C2=O)[C@@H]2C=C[C@@H]3C2)c(=O)n(-c2ccccc2)n1C. The summed E-state index contributed by atoms with van der Waals surface area (Å²) in [6, 6.07) is 9.24. The minimum Gasteiger partial charge on any atom is -0.283 e. The number of hydrogen-bond acceptors (Lipinski definition) is 3. The minimum atomic E-state index is -0.335. The van der Waals surface area contributed by atoms with Crippen LogP contribution < -0.4 is 10.5 Å². The minimum absolute atomic E-state index is 0.131. The number of imide groups is 1.